The monoisotopic (exact) mass is 327 g/mol. The molecule has 1 saturated heterocycles. The van der Waals surface area contributed by atoms with Crippen molar-refractivity contribution < 1.29 is 9.18 Å². The quantitative estimate of drug-likeness (QED) is 0.757. The SMILES string of the molecule is O=C(Cc1ccccc1F)N1CCCC1CCCBr. The van der Waals surface area contributed by atoms with Crippen LogP contribution >= 0.6 is 15.9 Å². The van der Waals surface area contributed by atoms with Gasteiger partial charge in [0.15, 0.2) is 0 Å². The zero-order valence-electron chi connectivity index (χ0n) is 10.9. The molecular weight excluding hydrogens is 309 g/mol. The second kappa shape index (κ2) is 7.04. The molecule has 1 aromatic carbocycles. The lowest BCUT2D eigenvalue weighted by Gasteiger charge is -2.24. The van der Waals surface area contributed by atoms with Crippen molar-refractivity contribution in [1.29, 1.82) is 0 Å². The van der Waals surface area contributed by atoms with E-state index in [1.807, 2.05) is 4.90 Å². The number of benzene rings is 1. The number of alkyl halides is 1. The molecule has 0 radical (unpaired) electrons. The highest BCUT2D eigenvalue weighted by atomic mass is 79.9. The smallest absolute Gasteiger partial charge is 0.227 e. The molecule has 0 spiro atoms. The summed E-state index contributed by atoms with van der Waals surface area (Å²) in [5.74, 6) is -0.228. The first kappa shape index (κ1) is 14.5. The lowest BCUT2D eigenvalue weighted by atomic mass is 10.1. The van der Waals surface area contributed by atoms with Crippen molar-refractivity contribution in [2.75, 3.05) is 11.9 Å². The van der Waals surface area contributed by atoms with Gasteiger partial charge in [-0.3, -0.25) is 4.79 Å². The highest BCUT2D eigenvalue weighted by molar-refractivity contribution is 9.09. The van der Waals surface area contributed by atoms with E-state index >= 15 is 0 Å². The third-order valence-electron chi connectivity index (χ3n) is 3.67. The van der Waals surface area contributed by atoms with Gasteiger partial charge in [-0.2, -0.15) is 0 Å². The van der Waals surface area contributed by atoms with E-state index < -0.39 is 0 Å². The largest absolute Gasteiger partial charge is 0.339 e. The molecule has 0 bridgehead atoms. The van der Waals surface area contributed by atoms with Gasteiger partial charge in [0.05, 0.1) is 6.42 Å². The molecule has 2 rings (SSSR count). The van der Waals surface area contributed by atoms with Crippen LogP contribution in [-0.2, 0) is 11.2 Å². The predicted molar refractivity (Wildman–Crippen MR) is 77.9 cm³/mol. The number of amides is 1. The fourth-order valence-corrected chi connectivity index (χ4v) is 3.01. The lowest BCUT2D eigenvalue weighted by Crippen LogP contribution is -2.36. The van der Waals surface area contributed by atoms with E-state index in [9.17, 15) is 9.18 Å². The first-order chi connectivity index (χ1) is 9.22. The topological polar surface area (TPSA) is 20.3 Å². The standard InChI is InChI=1S/C15H19BrFNO/c16-9-3-6-13-7-4-10-18(13)15(19)11-12-5-1-2-8-14(12)17/h1-2,5,8,13H,3-4,6-7,9-11H2. The molecule has 0 saturated carbocycles. The molecule has 0 N–H and O–H groups in total. The van der Waals surface area contributed by atoms with Gasteiger partial charge in [0, 0.05) is 17.9 Å². The van der Waals surface area contributed by atoms with Crippen molar-refractivity contribution in [2.24, 2.45) is 0 Å². The molecule has 1 fully saturated rings. The second-order valence-corrected chi connectivity index (χ2v) is 5.78. The van der Waals surface area contributed by atoms with Gasteiger partial charge in [0.25, 0.3) is 0 Å². The van der Waals surface area contributed by atoms with Crippen LogP contribution in [0.1, 0.15) is 31.2 Å². The van der Waals surface area contributed by atoms with E-state index in [1.165, 1.54) is 6.07 Å². The molecule has 0 aromatic heterocycles. The Morgan fingerprint density at radius 1 is 1.42 bits per heavy atom. The summed E-state index contributed by atoms with van der Waals surface area (Å²) in [5, 5.41) is 0.971. The molecule has 1 atom stereocenters. The minimum absolute atomic E-state index is 0.0576. The van der Waals surface area contributed by atoms with E-state index in [0.717, 1.165) is 37.6 Å². The van der Waals surface area contributed by atoms with Crippen molar-refractivity contribution in [2.45, 2.75) is 38.1 Å². The summed E-state index contributed by atoms with van der Waals surface area (Å²) in [6.07, 6.45) is 4.44. The minimum Gasteiger partial charge on any atom is -0.339 e. The number of hydrogen-bond acceptors (Lipinski definition) is 1. The number of rotatable bonds is 5. The van der Waals surface area contributed by atoms with Crippen LogP contribution in [-0.4, -0.2) is 28.7 Å². The molecule has 1 aromatic rings. The maximum absolute atomic E-state index is 13.6. The highest BCUT2D eigenvalue weighted by Crippen LogP contribution is 2.23. The van der Waals surface area contributed by atoms with Crippen LogP contribution in [0.2, 0.25) is 0 Å². The number of carbonyl (C=O) groups is 1. The highest BCUT2D eigenvalue weighted by Gasteiger charge is 2.28. The van der Waals surface area contributed by atoms with Crippen LogP contribution in [0.4, 0.5) is 4.39 Å². The Kier molecular flexibility index (Phi) is 5.37. The van der Waals surface area contributed by atoms with E-state index in [4.69, 9.17) is 0 Å². The molecule has 1 unspecified atom stereocenters. The molecule has 19 heavy (non-hydrogen) atoms. The maximum atomic E-state index is 13.6. The van der Waals surface area contributed by atoms with E-state index in [2.05, 4.69) is 15.9 Å². The van der Waals surface area contributed by atoms with Gasteiger partial charge in [-0.25, -0.2) is 4.39 Å². The Morgan fingerprint density at radius 3 is 2.95 bits per heavy atom. The molecule has 4 heteroatoms. The predicted octanol–water partition coefficient (Wildman–Crippen LogP) is 3.53. The lowest BCUT2D eigenvalue weighted by molar-refractivity contribution is -0.131. The number of halogens is 2. The van der Waals surface area contributed by atoms with Gasteiger partial charge >= 0.3 is 0 Å². The summed E-state index contributed by atoms with van der Waals surface area (Å²) < 4.78 is 13.6. The van der Waals surface area contributed by atoms with Crippen molar-refractivity contribution in [3.8, 4) is 0 Å². The van der Waals surface area contributed by atoms with Crippen molar-refractivity contribution >= 4 is 21.8 Å². The van der Waals surface area contributed by atoms with Crippen LogP contribution in [0, 0.1) is 5.82 Å². The van der Waals surface area contributed by atoms with Crippen LogP contribution in [0.3, 0.4) is 0 Å². The molecule has 1 aliphatic heterocycles. The Morgan fingerprint density at radius 2 is 2.21 bits per heavy atom. The minimum atomic E-state index is -0.285. The van der Waals surface area contributed by atoms with Crippen molar-refractivity contribution in [3.05, 3.63) is 35.6 Å². The van der Waals surface area contributed by atoms with Crippen LogP contribution in [0.15, 0.2) is 24.3 Å². The average molecular weight is 328 g/mol. The summed E-state index contributed by atoms with van der Waals surface area (Å²) in [6, 6.07) is 6.87. The Labute approximate surface area is 122 Å². The number of likely N-dealkylation sites (tertiary alicyclic amines) is 1. The zero-order chi connectivity index (χ0) is 13.7. The summed E-state index contributed by atoms with van der Waals surface area (Å²) >= 11 is 3.42. The maximum Gasteiger partial charge on any atom is 0.227 e. The third-order valence-corrected chi connectivity index (χ3v) is 4.23. The van der Waals surface area contributed by atoms with Gasteiger partial charge in [0.2, 0.25) is 5.91 Å². The van der Waals surface area contributed by atoms with E-state index in [-0.39, 0.29) is 18.1 Å². The zero-order valence-corrected chi connectivity index (χ0v) is 12.5. The molecule has 2 nitrogen and oxygen atoms in total. The second-order valence-electron chi connectivity index (χ2n) is 4.98. The normalized spacial score (nSPS) is 18.8. The van der Waals surface area contributed by atoms with E-state index in [0.29, 0.717) is 11.6 Å². The first-order valence-corrected chi connectivity index (χ1v) is 7.93. The molecule has 1 heterocycles. The third kappa shape index (κ3) is 3.78. The number of nitrogens with zero attached hydrogens (tertiary/aromatic N) is 1. The average Bonchev–Trinajstić information content (AvgIpc) is 2.87. The van der Waals surface area contributed by atoms with Crippen molar-refractivity contribution in [1.82, 2.24) is 4.90 Å². The van der Waals surface area contributed by atoms with Crippen LogP contribution in [0.5, 0.6) is 0 Å². The fraction of sp³-hybridized carbons (Fsp3) is 0.533. The van der Waals surface area contributed by atoms with Gasteiger partial charge in [-0.05, 0) is 37.3 Å². The molecule has 1 aliphatic rings. The molecular formula is C15H19BrFNO. The fourth-order valence-electron chi connectivity index (χ4n) is 2.68. The molecule has 104 valence electrons. The number of carbonyl (C=O) groups excluding carboxylic acids is 1. The van der Waals surface area contributed by atoms with Gasteiger partial charge in [-0.1, -0.05) is 34.1 Å². The summed E-state index contributed by atoms with van der Waals surface area (Å²) in [5.41, 5.74) is 0.499. The molecule has 1 amide bonds. The molecule has 0 aliphatic carbocycles. The summed E-state index contributed by atoms with van der Waals surface area (Å²) in [6.45, 7) is 0.820. The Hall–Kier alpha value is -0.900. The summed E-state index contributed by atoms with van der Waals surface area (Å²) in [7, 11) is 0. The Bertz CT molecular complexity index is 438. The van der Waals surface area contributed by atoms with Gasteiger partial charge < -0.3 is 4.90 Å². The van der Waals surface area contributed by atoms with Crippen molar-refractivity contribution in [3.63, 3.8) is 0 Å². The summed E-state index contributed by atoms with van der Waals surface area (Å²) in [4.78, 5) is 14.2. The first-order valence-electron chi connectivity index (χ1n) is 6.81. The van der Waals surface area contributed by atoms with Gasteiger partial charge in [-0.15, -0.1) is 0 Å². The van der Waals surface area contributed by atoms with E-state index in [1.54, 1.807) is 18.2 Å². The van der Waals surface area contributed by atoms with Crippen LogP contribution < -0.4 is 0 Å². The van der Waals surface area contributed by atoms with Gasteiger partial charge in [0.1, 0.15) is 5.82 Å². The Balaban J connectivity index is 1.97. The number of hydrogen-bond donors (Lipinski definition) is 0. The van der Waals surface area contributed by atoms with Crippen LogP contribution in [0.25, 0.3) is 0 Å².